The minimum atomic E-state index is 0.476. The van der Waals surface area contributed by atoms with Gasteiger partial charge in [0.15, 0.2) is 5.11 Å². The molecule has 0 aromatic heterocycles. The molecule has 0 spiro atoms. The second-order valence-corrected chi connectivity index (χ2v) is 3.63. The first kappa shape index (κ1) is 12.6. The van der Waals surface area contributed by atoms with Crippen molar-refractivity contribution in [3.63, 3.8) is 0 Å². The lowest BCUT2D eigenvalue weighted by Gasteiger charge is -2.08. The molecular weight excluding hydrogens is 186 g/mol. The van der Waals surface area contributed by atoms with Crippen LogP contribution in [0.5, 0.6) is 0 Å². The Morgan fingerprint density at radius 2 is 2.23 bits per heavy atom. The van der Waals surface area contributed by atoms with Crippen LogP contribution >= 0.6 is 12.2 Å². The summed E-state index contributed by atoms with van der Waals surface area (Å²) in [6.07, 6.45) is 0.939. The van der Waals surface area contributed by atoms with E-state index in [1.54, 1.807) is 0 Å². The zero-order chi connectivity index (χ0) is 10.1. The molecule has 78 valence electrons. The van der Waals surface area contributed by atoms with Crippen molar-refractivity contribution in [1.29, 1.82) is 0 Å². The number of ether oxygens (including phenoxy) is 1. The van der Waals surface area contributed by atoms with Gasteiger partial charge in [0, 0.05) is 19.8 Å². The zero-order valence-electron chi connectivity index (χ0n) is 8.30. The maximum atomic E-state index is 5.38. The molecular formula is C8H19N3OS. The van der Waals surface area contributed by atoms with Crippen LogP contribution in [0.3, 0.4) is 0 Å². The van der Waals surface area contributed by atoms with E-state index in [9.17, 15) is 0 Å². The molecule has 0 heterocycles. The third-order valence-corrected chi connectivity index (χ3v) is 1.60. The van der Waals surface area contributed by atoms with Crippen molar-refractivity contribution < 1.29 is 4.74 Å². The van der Waals surface area contributed by atoms with Crippen LogP contribution in [0.15, 0.2) is 0 Å². The predicted molar refractivity (Wildman–Crippen MR) is 58.2 cm³/mol. The fourth-order valence-electron chi connectivity index (χ4n) is 0.746. The first-order valence-corrected chi connectivity index (χ1v) is 4.89. The van der Waals surface area contributed by atoms with Gasteiger partial charge in [0.1, 0.15) is 0 Å². The van der Waals surface area contributed by atoms with Gasteiger partial charge in [-0.1, -0.05) is 13.8 Å². The normalized spacial score (nSPS) is 10.2. The van der Waals surface area contributed by atoms with Crippen LogP contribution in [0, 0.1) is 5.92 Å². The summed E-state index contributed by atoms with van der Waals surface area (Å²) in [6.45, 7) is 6.64. The minimum absolute atomic E-state index is 0.476. The number of rotatable bonds is 6. The zero-order valence-corrected chi connectivity index (χ0v) is 9.12. The summed E-state index contributed by atoms with van der Waals surface area (Å²) in [6, 6.07) is 0. The molecule has 4 nitrogen and oxygen atoms in total. The van der Waals surface area contributed by atoms with Crippen molar-refractivity contribution in [3.8, 4) is 0 Å². The summed E-state index contributed by atoms with van der Waals surface area (Å²) in [5.41, 5.74) is 2.35. The molecule has 0 atom stereocenters. The second-order valence-electron chi connectivity index (χ2n) is 3.22. The van der Waals surface area contributed by atoms with Gasteiger partial charge >= 0.3 is 0 Å². The Hall–Kier alpha value is -0.390. The van der Waals surface area contributed by atoms with Gasteiger partial charge in [-0.25, -0.2) is 5.84 Å². The van der Waals surface area contributed by atoms with E-state index in [1.165, 1.54) is 0 Å². The molecule has 0 fully saturated rings. The van der Waals surface area contributed by atoms with Gasteiger partial charge in [-0.2, -0.15) is 0 Å². The first-order valence-electron chi connectivity index (χ1n) is 4.49. The maximum Gasteiger partial charge on any atom is 0.180 e. The second kappa shape index (κ2) is 8.22. The molecule has 0 bridgehead atoms. The fourth-order valence-corrected chi connectivity index (χ4v) is 0.848. The monoisotopic (exact) mass is 205 g/mol. The van der Waals surface area contributed by atoms with E-state index in [1.807, 2.05) is 0 Å². The van der Waals surface area contributed by atoms with Gasteiger partial charge in [0.2, 0.25) is 0 Å². The summed E-state index contributed by atoms with van der Waals surface area (Å²) in [7, 11) is 0. The summed E-state index contributed by atoms with van der Waals surface area (Å²) < 4.78 is 5.38. The van der Waals surface area contributed by atoms with Crippen molar-refractivity contribution >= 4 is 17.3 Å². The molecule has 0 aliphatic heterocycles. The SMILES string of the molecule is CC(C)COCCCNC(=S)NN. The molecule has 0 aliphatic carbocycles. The van der Waals surface area contributed by atoms with Crippen molar-refractivity contribution in [3.05, 3.63) is 0 Å². The van der Waals surface area contributed by atoms with Crippen LogP contribution in [0.1, 0.15) is 20.3 Å². The molecule has 0 unspecified atom stereocenters. The third-order valence-electron chi connectivity index (χ3n) is 1.33. The van der Waals surface area contributed by atoms with Gasteiger partial charge in [0.25, 0.3) is 0 Å². The van der Waals surface area contributed by atoms with Gasteiger partial charge in [0.05, 0.1) is 0 Å². The van der Waals surface area contributed by atoms with Crippen molar-refractivity contribution in [1.82, 2.24) is 10.7 Å². The molecule has 0 saturated heterocycles. The largest absolute Gasteiger partial charge is 0.381 e. The van der Waals surface area contributed by atoms with Crippen molar-refractivity contribution in [2.24, 2.45) is 11.8 Å². The average molecular weight is 205 g/mol. The fraction of sp³-hybridized carbons (Fsp3) is 0.875. The molecule has 5 heteroatoms. The number of hydrogen-bond acceptors (Lipinski definition) is 3. The van der Waals surface area contributed by atoms with Gasteiger partial charge in [-0.05, 0) is 24.6 Å². The van der Waals surface area contributed by atoms with E-state index in [-0.39, 0.29) is 0 Å². The number of thiocarbonyl (C=S) groups is 1. The van der Waals surface area contributed by atoms with Crippen LogP contribution in [0.4, 0.5) is 0 Å². The molecule has 0 rings (SSSR count). The smallest absolute Gasteiger partial charge is 0.180 e. The number of nitrogens with one attached hydrogen (secondary N) is 2. The highest BCUT2D eigenvalue weighted by Gasteiger charge is 1.94. The first-order chi connectivity index (χ1) is 6.16. The summed E-state index contributed by atoms with van der Waals surface area (Å²) in [5.74, 6) is 5.66. The molecule has 0 radical (unpaired) electrons. The highest BCUT2D eigenvalue weighted by molar-refractivity contribution is 7.80. The Kier molecular flexibility index (Phi) is 7.97. The van der Waals surface area contributed by atoms with E-state index >= 15 is 0 Å². The van der Waals surface area contributed by atoms with Gasteiger partial charge < -0.3 is 15.5 Å². The van der Waals surface area contributed by atoms with Crippen LogP contribution in [-0.2, 0) is 4.74 Å². The average Bonchev–Trinajstić information content (AvgIpc) is 2.10. The molecule has 0 saturated carbocycles. The molecule has 0 aromatic carbocycles. The van der Waals surface area contributed by atoms with E-state index in [2.05, 4.69) is 24.6 Å². The molecule has 0 aromatic rings. The van der Waals surface area contributed by atoms with Crippen LogP contribution in [0.2, 0.25) is 0 Å². The van der Waals surface area contributed by atoms with Gasteiger partial charge in [-0.15, -0.1) is 0 Å². The maximum absolute atomic E-state index is 5.38. The Balaban J connectivity index is 3.04. The molecule has 4 N–H and O–H groups in total. The van der Waals surface area contributed by atoms with E-state index in [0.29, 0.717) is 11.0 Å². The Bertz CT molecular complexity index is 141. The Morgan fingerprint density at radius 3 is 2.77 bits per heavy atom. The van der Waals surface area contributed by atoms with E-state index in [4.69, 9.17) is 22.8 Å². The summed E-state index contributed by atoms with van der Waals surface area (Å²) in [4.78, 5) is 0. The van der Waals surface area contributed by atoms with Gasteiger partial charge in [-0.3, -0.25) is 0 Å². The summed E-state index contributed by atoms with van der Waals surface area (Å²) >= 11 is 4.79. The van der Waals surface area contributed by atoms with Crippen LogP contribution in [-0.4, -0.2) is 24.9 Å². The lowest BCUT2D eigenvalue weighted by molar-refractivity contribution is 0.108. The summed E-state index contributed by atoms with van der Waals surface area (Å²) in [5, 5.41) is 3.41. The molecule has 0 aliphatic rings. The standard InChI is InChI=1S/C8H19N3OS/c1-7(2)6-12-5-3-4-10-8(13)11-9/h7H,3-6,9H2,1-2H3,(H2,10,11,13). The highest BCUT2D eigenvalue weighted by atomic mass is 32.1. The van der Waals surface area contributed by atoms with Crippen LogP contribution < -0.4 is 16.6 Å². The third kappa shape index (κ3) is 9.52. The lowest BCUT2D eigenvalue weighted by atomic mass is 10.2. The Labute approximate surface area is 85.2 Å². The van der Waals surface area contributed by atoms with Crippen molar-refractivity contribution in [2.45, 2.75) is 20.3 Å². The molecule has 13 heavy (non-hydrogen) atoms. The molecule has 0 amide bonds. The lowest BCUT2D eigenvalue weighted by Crippen LogP contribution is -2.40. The number of nitrogens with two attached hydrogens (primary N) is 1. The quantitative estimate of drug-likeness (QED) is 0.253. The number of hydrazine groups is 1. The van der Waals surface area contributed by atoms with Crippen molar-refractivity contribution in [2.75, 3.05) is 19.8 Å². The minimum Gasteiger partial charge on any atom is -0.381 e. The number of hydrogen-bond donors (Lipinski definition) is 3. The highest BCUT2D eigenvalue weighted by Crippen LogP contribution is 1.92. The predicted octanol–water partition coefficient (Wildman–Crippen LogP) is 0.387. The van der Waals surface area contributed by atoms with E-state index in [0.717, 1.165) is 26.2 Å². The van der Waals surface area contributed by atoms with E-state index < -0.39 is 0 Å². The van der Waals surface area contributed by atoms with Crippen LogP contribution in [0.25, 0.3) is 0 Å². The topological polar surface area (TPSA) is 59.3 Å². The Morgan fingerprint density at radius 1 is 1.54 bits per heavy atom.